The van der Waals surface area contributed by atoms with Crippen LogP contribution in [-0.2, 0) is 19.2 Å². The topological polar surface area (TPSA) is 146 Å². The van der Waals surface area contributed by atoms with Gasteiger partial charge in [0.25, 0.3) is 5.91 Å². The number of rotatable bonds is 5. The van der Waals surface area contributed by atoms with Gasteiger partial charge in [0.1, 0.15) is 23.5 Å². The van der Waals surface area contributed by atoms with Gasteiger partial charge in [-0.3, -0.25) is 25.7 Å². The highest BCUT2D eigenvalue weighted by Crippen LogP contribution is 2.40. The monoisotopic (exact) mass is 353 g/mol. The quantitative estimate of drug-likeness (QED) is 0.436. The summed E-state index contributed by atoms with van der Waals surface area (Å²) >= 11 is 1.36. The summed E-state index contributed by atoms with van der Waals surface area (Å²) in [6.07, 6.45) is 2.37. The molecule has 5 N–H and O–H groups in total. The molecule has 0 spiro atoms. The Labute approximate surface area is 140 Å². The molecule has 2 amide bonds. The second-order valence-electron chi connectivity index (χ2n) is 5.34. The highest BCUT2D eigenvalue weighted by molar-refractivity contribution is 8.00. The van der Waals surface area contributed by atoms with Crippen LogP contribution in [0, 0.1) is 0 Å². The summed E-state index contributed by atoms with van der Waals surface area (Å²) in [5.41, 5.74) is 8.43. The van der Waals surface area contributed by atoms with Crippen molar-refractivity contribution in [3.63, 3.8) is 0 Å². The lowest BCUT2D eigenvalue weighted by molar-refractivity contribution is -0.151. The summed E-state index contributed by atoms with van der Waals surface area (Å²) in [5.74, 6) is -3.33. The van der Waals surface area contributed by atoms with E-state index in [4.69, 9.17) is 10.6 Å². The third-order valence-electron chi connectivity index (χ3n) is 3.75. The molecule has 3 atom stereocenters. The Morgan fingerprint density at radius 3 is 3.04 bits per heavy atom. The van der Waals surface area contributed by atoms with Crippen LogP contribution in [0.15, 0.2) is 28.9 Å². The number of fused-ring (bicyclic) bond motifs is 1. The smallest absolute Gasteiger partial charge is 0.352 e. The number of hydrogen-bond acceptors (Lipinski definition) is 8. The van der Waals surface area contributed by atoms with E-state index in [-0.39, 0.29) is 12.1 Å². The summed E-state index contributed by atoms with van der Waals surface area (Å²) in [6, 6.07) is -0.815. The van der Waals surface area contributed by atoms with Crippen molar-refractivity contribution >= 4 is 35.9 Å². The van der Waals surface area contributed by atoms with E-state index in [9.17, 15) is 19.5 Å². The van der Waals surface area contributed by atoms with Gasteiger partial charge >= 0.3 is 5.97 Å². The maximum absolute atomic E-state index is 12.3. The molecule has 0 aromatic rings. The first kappa shape index (κ1) is 16.5. The van der Waals surface area contributed by atoms with Crippen molar-refractivity contribution in [3.05, 3.63) is 23.9 Å². The second-order valence-corrected chi connectivity index (χ2v) is 6.44. The summed E-state index contributed by atoms with van der Waals surface area (Å²) in [4.78, 5) is 45.6. The Bertz CT molecular complexity index is 692. The number of aliphatic imine (C=N–C) groups is 1. The number of carbonyl (C=O) groups excluding carboxylic acids is 2. The molecule has 128 valence electrons. The molecule has 0 bridgehead atoms. The molecule has 0 aromatic carbocycles. The Kier molecular flexibility index (Phi) is 4.07. The Hall–Kier alpha value is -2.37. The molecule has 3 heterocycles. The molecular formula is C13H15N5O5S. The fourth-order valence-corrected chi connectivity index (χ4v) is 3.97. The third kappa shape index (κ3) is 2.66. The fourth-order valence-electron chi connectivity index (χ4n) is 2.63. The molecule has 2 unspecified atom stereocenters. The fraction of sp³-hybridized carbons (Fsp3) is 0.385. The van der Waals surface area contributed by atoms with E-state index >= 15 is 0 Å². The average Bonchev–Trinajstić information content (AvgIpc) is 2.96. The van der Waals surface area contributed by atoms with Gasteiger partial charge in [0.2, 0.25) is 11.8 Å². The van der Waals surface area contributed by atoms with Gasteiger partial charge < -0.3 is 10.4 Å². The zero-order chi connectivity index (χ0) is 17.5. The first-order valence-electron chi connectivity index (χ1n) is 6.95. The van der Waals surface area contributed by atoms with Crippen LogP contribution in [-0.4, -0.2) is 57.1 Å². The van der Waals surface area contributed by atoms with Crippen molar-refractivity contribution in [1.29, 1.82) is 0 Å². The van der Waals surface area contributed by atoms with Gasteiger partial charge in [-0.25, -0.2) is 14.6 Å². The highest BCUT2D eigenvalue weighted by Gasteiger charge is 2.54. The van der Waals surface area contributed by atoms with Crippen molar-refractivity contribution in [2.45, 2.75) is 23.7 Å². The SMILES string of the molecule is C=CC1=C(C(=O)O)N2C(=O)C(NC(=O)CC3(N)N=CNO3)[C@H]2SC1. The third-order valence-corrected chi connectivity index (χ3v) is 5.05. The molecular weight excluding hydrogens is 338 g/mol. The normalized spacial score (nSPS) is 31.2. The summed E-state index contributed by atoms with van der Waals surface area (Å²) in [7, 11) is 0. The molecule has 3 aliphatic heterocycles. The van der Waals surface area contributed by atoms with Crippen LogP contribution in [0.4, 0.5) is 0 Å². The number of β-lactam (4-membered cyclic amide) rings is 1. The van der Waals surface area contributed by atoms with Crippen LogP contribution in [0.2, 0.25) is 0 Å². The summed E-state index contributed by atoms with van der Waals surface area (Å²) in [6.45, 7) is 3.57. The van der Waals surface area contributed by atoms with Crippen LogP contribution in [0.5, 0.6) is 0 Å². The van der Waals surface area contributed by atoms with Crippen molar-refractivity contribution in [2.24, 2.45) is 10.7 Å². The van der Waals surface area contributed by atoms with Gasteiger partial charge in [0.15, 0.2) is 0 Å². The van der Waals surface area contributed by atoms with Crippen LogP contribution < -0.4 is 16.5 Å². The van der Waals surface area contributed by atoms with Crippen LogP contribution >= 0.6 is 11.8 Å². The molecule has 10 nitrogen and oxygen atoms in total. The van der Waals surface area contributed by atoms with Crippen molar-refractivity contribution in [2.75, 3.05) is 5.75 Å². The molecule has 1 saturated heterocycles. The van der Waals surface area contributed by atoms with Gasteiger partial charge in [-0.05, 0) is 5.57 Å². The Morgan fingerprint density at radius 2 is 2.46 bits per heavy atom. The molecule has 0 aromatic heterocycles. The lowest BCUT2D eigenvalue weighted by Gasteiger charge is -2.49. The van der Waals surface area contributed by atoms with E-state index in [1.807, 2.05) is 0 Å². The molecule has 0 saturated carbocycles. The zero-order valence-corrected chi connectivity index (χ0v) is 13.2. The molecule has 0 aliphatic carbocycles. The van der Waals surface area contributed by atoms with E-state index in [0.717, 1.165) is 0 Å². The minimum absolute atomic E-state index is 0.0903. The van der Waals surface area contributed by atoms with Crippen LogP contribution in [0.1, 0.15) is 6.42 Å². The van der Waals surface area contributed by atoms with Crippen molar-refractivity contribution < 1.29 is 24.3 Å². The summed E-state index contributed by atoms with van der Waals surface area (Å²) < 4.78 is 0. The molecule has 3 rings (SSSR count). The number of nitrogens with two attached hydrogens (primary N) is 1. The number of hydrogen-bond donors (Lipinski definition) is 4. The number of allylic oxidation sites excluding steroid dienone is 1. The number of hydroxylamine groups is 1. The predicted molar refractivity (Wildman–Crippen MR) is 84.1 cm³/mol. The largest absolute Gasteiger partial charge is 0.477 e. The maximum atomic E-state index is 12.3. The maximum Gasteiger partial charge on any atom is 0.352 e. The van der Waals surface area contributed by atoms with Gasteiger partial charge in [0.05, 0.1) is 6.42 Å². The van der Waals surface area contributed by atoms with E-state index in [2.05, 4.69) is 22.4 Å². The van der Waals surface area contributed by atoms with E-state index in [1.165, 1.54) is 29.1 Å². The van der Waals surface area contributed by atoms with E-state index in [0.29, 0.717) is 11.3 Å². The lowest BCUT2D eigenvalue weighted by Crippen LogP contribution is -2.70. The minimum Gasteiger partial charge on any atom is -0.477 e. The van der Waals surface area contributed by atoms with Crippen molar-refractivity contribution in [3.8, 4) is 0 Å². The average molecular weight is 353 g/mol. The second kappa shape index (κ2) is 5.92. The number of thioether (sulfide) groups is 1. The first-order valence-corrected chi connectivity index (χ1v) is 8.00. The van der Waals surface area contributed by atoms with Gasteiger partial charge in [-0.2, -0.15) is 0 Å². The van der Waals surface area contributed by atoms with Crippen LogP contribution in [0.3, 0.4) is 0 Å². The molecule has 24 heavy (non-hydrogen) atoms. The number of carbonyl (C=O) groups is 3. The highest BCUT2D eigenvalue weighted by atomic mass is 32.2. The number of carboxylic acids is 1. The number of amides is 2. The number of carboxylic acid groups (broad SMARTS) is 1. The molecule has 11 heteroatoms. The number of nitrogens with zero attached hydrogens (tertiary/aromatic N) is 2. The Balaban J connectivity index is 1.68. The number of nitrogens with one attached hydrogen (secondary N) is 2. The molecule has 3 aliphatic rings. The predicted octanol–water partition coefficient (Wildman–Crippen LogP) is -1.52. The first-order chi connectivity index (χ1) is 11.4. The van der Waals surface area contributed by atoms with Crippen LogP contribution in [0.25, 0.3) is 0 Å². The zero-order valence-electron chi connectivity index (χ0n) is 12.4. The standard InChI is InChI=1S/C13H15N5O5S/c1-2-6-4-24-11-8(10(20)18(11)9(6)12(21)22)17-7(19)3-13(14)15-5-16-23-13/h2,5,8,11H,1,3-4,14H2,(H,15,16)(H,17,19)(H,21,22)/t8?,11-,13?/m1/s1. The Morgan fingerprint density at radius 1 is 1.71 bits per heavy atom. The molecule has 1 fully saturated rings. The van der Waals surface area contributed by atoms with Gasteiger partial charge in [-0.15, -0.1) is 11.8 Å². The van der Waals surface area contributed by atoms with Gasteiger partial charge in [-0.1, -0.05) is 12.7 Å². The van der Waals surface area contributed by atoms with E-state index < -0.39 is 35.0 Å². The van der Waals surface area contributed by atoms with E-state index in [1.54, 1.807) is 0 Å². The minimum atomic E-state index is -1.52. The number of aliphatic carboxylic acids is 1. The van der Waals surface area contributed by atoms with Crippen molar-refractivity contribution in [1.82, 2.24) is 15.7 Å². The summed E-state index contributed by atoms with van der Waals surface area (Å²) in [5, 5.41) is 11.4. The van der Waals surface area contributed by atoms with Gasteiger partial charge in [0, 0.05) is 5.75 Å². The lowest BCUT2D eigenvalue weighted by atomic mass is 10.0. The molecule has 0 radical (unpaired) electrons.